The summed E-state index contributed by atoms with van der Waals surface area (Å²) in [6, 6.07) is -0.333. The van der Waals surface area contributed by atoms with Crippen molar-refractivity contribution in [2.45, 2.75) is 58.0 Å². The number of carboxylic acid groups (broad SMARTS) is 1. The van der Waals surface area contributed by atoms with Gasteiger partial charge in [0.15, 0.2) is 0 Å². The van der Waals surface area contributed by atoms with Crippen molar-refractivity contribution in [3.63, 3.8) is 0 Å². The molecule has 18 heavy (non-hydrogen) atoms. The minimum Gasteiger partial charge on any atom is -0.480 e. The summed E-state index contributed by atoms with van der Waals surface area (Å²) in [7, 11) is 0. The molecule has 5 nitrogen and oxygen atoms in total. The van der Waals surface area contributed by atoms with Crippen LogP contribution < -0.4 is 5.32 Å². The summed E-state index contributed by atoms with van der Waals surface area (Å²) in [5, 5.41) is 19.6. The highest BCUT2D eigenvalue weighted by molar-refractivity contribution is 5.76. The number of nitrogens with one attached hydrogen (secondary N) is 2. The van der Waals surface area contributed by atoms with Gasteiger partial charge in [-0.15, -0.1) is 0 Å². The topological polar surface area (TPSA) is 78.0 Å². The third kappa shape index (κ3) is 2.72. The van der Waals surface area contributed by atoms with E-state index in [-0.39, 0.29) is 0 Å². The molecule has 1 aliphatic carbocycles. The van der Waals surface area contributed by atoms with Gasteiger partial charge in [-0.25, -0.2) is 0 Å². The van der Waals surface area contributed by atoms with Gasteiger partial charge in [-0.05, 0) is 26.7 Å². The van der Waals surface area contributed by atoms with Crippen LogP contribution in [0.2, 0.25) is 0 Å². The summed E-state index contributed by atoms with van der Waals surface area (Å²) >= 11 is 0. The first kappa shape index (κ1) is 13.1. The molecular formula is C13H21N3O2. The minimum atomic E-state index is -0.826. The van der Waals surface area contributed by atoms with Gasteiger partial charge >= 0.3 is 5.97 Å². The molecule has 3 N–H and O–H groups in total. The van der Waals surface area contributed by atoms with Gasteiger partial charge in [0.1, 0.15) is 6.04 Å². The SMILES string of the molecule is Cc1n[nH]c(C)c1C(NC1CCCCC1)C(=O)O. The molecule has 1 heterocycles. The van der Waals surface area contributed by atoms with Crippen LogP contribution in [0.1, 0.15) is 55.1 Å². The van der Waals surface area contributed by atoms with Gasteiger partial charge in [-0.3, -0.25) is 15.2 Å². The molecule has 0 aromatic carbocycles. The van der Waals surface area contributed by atoms with Crippen molar-refractivity contribution >= 4 is 5.97 Å². The van der Waals surface area contributed by atoms with Crippen molar-refractivity contribution in [1.29, 1.82) is 0 Å². The first-order valence-corrected chi connectivity index (χ1v) is 6.60. The number of rotatable bonds is 4. The van der Waals surface area contributed by atoms with E-state index in [1.54, 1.807) is 0 Å². The molecule has 0 spiro atoms. The lowest BCUT2D eigenvalue weighted by atomic mass is 9.93. The lowest BCUT2D eigenvalue weighted by Gasteiger charge is -2.26. The maximum absolute atomic E-state index is 11.5. The molecule has 0 amide bonds. The maximum Gasteiger partial charge on any atom is 0.325 e. The summed E-state index contributed by atoms with van der Waals surface area (Å²) in [4.78, 5) is 11.5. The average molecular weight is 251 g/mol. The van der Waals surface area contributed by atoms with Crippen LogP contribution in [0.25, 0.3) is 0 Å². The Morgan fingerprint density at radius 2 is 2.06 bits per heavy atom. The van der Waals surface area contributed by atoms with Crippen molar-refractivity contribution < 1.29 is 9.90 Å². The quantitative estimate of drug-likeness (QED) is 0.765. The summed E-state index contributed by atoms with van der Waals surface area (Å²) in [6.07, 6.45) is 5.78. The highest BCUT2D eigenvalue weighted by atomic mass is 16.4. The maximum atomic E-state index is 11.5. The number of aromatic amines is 1. The van der Waals surface area contributed by atoms with E-state index >= 15 is 0 Å². The predicted octanol–water partition coefficient (Wildman–Crippen LogP) is 2.07. The Labute approximate surface area is 107 Å². The standard InChI is InChI=1S/C13H21N3O2/c1-8-11(9(2)16-15-8)12(13(17)18)14-10-6-4-3-5-7-10/h10,12,14H,3-7H2,1-2H3,(H,15,16)(H,17,18). The zero-order valence-corrected chi connectivity index (χ0v) is 11.0. The van der Waals surface area contributed by atoms with Crippen molar-refractivity contribution in [1.82, 2.24) is 15.5 Å². The molecule has 2 rings (SSSR count). The molecule has 1 aliphatic rings. The van der Waals surface area contributed by atoms with Crippen LogP contribution in [0.15, 0.2) is 0 Å². The zero-order chi connectivity index (χ0) is 13.1. The molecule has 1 aromatic heterocycles. The third-order valence-electron chi connectivity index (χ3n) is 3.73. The Bertz CT molecular complexity index is 402. The molecule has 1 unspecified atom stereocenters. The van der Waals surface area contributed by atoms with Crippen LogP contribution in [0.3, 0.4) is 0 Å². The van der Waals surface area contributed by atoms with Gasteiger partial charge in [0.05, 0.1) is 5.69 Å². The van der Waals surface area contributed by atoms with E-state index in [1.165, 1.54) is 19.3 Å². The summed E-state index contributed by atoms with van der Waals surface area (Å²) in [5.74, 6) is -0.826. The molecular weight excluding hydrogens is 230 g/mol. The normalized spacial score (nSPS) is 18.8. The van der Waals surface area contributed by atoms with Gasteiger partial charge in [-0.2, -0.15) is 5.10 Å². The first-order chi connectivity index (χ1) is 8.59. The predicted molar refractivity (Wildman–Crippen MR) is 68.4 cm³/mol. The molecule has 0 radical (unpaired) electrons. The van der Waals surface area contributed by atoms with Gasteiger partial charge in [-0.1, -0.05) is 19.3 Å². The largest absolute Gasteiger partial charge is 0.480 e. The molecule has 0 aliphatic heterocycles. The Hall–Kier alpha value is -1.36. The highest BCUT2D eigenvalue weighted by Crippen LogP contribution is 2.24. The fourth-order valence-electron chi connectivity index (χ4n) is 2.77. The molecule has 0 saturated heterocycles. The molecule has 100 valence electrons. The summed E-state index contributed by atoms with van der Waals surface area (Å²) in [5.41, 5.74) is 2.39. The van der Waals surface area contributed by atoms with Crippen molar-refractivity contribution in [3.8, 4) is 0 Å². The molecule has 1 aromatic rings. The van der Waals surface area contributed by atoms with Crippen LogP contribution in [0, 0.1) is 13.8 Å². The number of nitrogens with zero attached hydrogens (tertiary/aromatic N) is 1. The second kappa shape index (κ2) is 5.52. The van der Waals surface area contributed by atoms with E-state index in [0.29, 0.717) is 6.04 Å². The lowest BCUT2D eigenvalue weighted by Crippen LogP contribution is -2.38. The number of aryl methyl sites for hydroxylation is 2. The second-order valence-corrected chi connectivity index (χ2v) is 5.12. The summed E-state index contributed by atoms with van der Waals surface area (Å²) < 4.78 is 0. The van der Waals surface area contributed by atoms with E-state index in [2.05, 4.69) is 15.5 Å². The van der Waals surface area contributed by atoms with Crippen molar-refractivity contribution in [2.24, 2.45) is 0 Å². The Morgan fingerprint density at radius 3 is 2.56 bits per heavy atom. The highest BCUT2D eigenvalue weighted by Gasteiger charge is 2.28. The monoisotopic (exact) mass is 251 g/mol. The van der Waals surface area contributed by atoms with Gasteiger partial charge in [0.2, 0.25) is 0 Å². The number of carbonyl (C=O) groups is 1. The number of hydrogen-bond acceptors (Lipinski definition) is 3. The van der Waals surface area contributed by atoms with E-state index in [0.717, 1.165) is 29.8 Å². The summed E-state index contributed by atoms with van der Waals surface area (Å²) in [6.45, 7) is 3.71. The molecule has 1 saturated carbocycles. The number of hydrogen-bond donors (Lipinski definition) is 3. The van der Waals surface area contributed by atoms with Gasteiger partial charge in [0.25, 0.3) is 0 Å². The van der Waals surface area contributed by atoms with Crippen LogP contribution in [-0.2, 0) is 4.79 Å². The average Bonchev–Trinajstić information content (AvgIpc) is 2.67. The van der Waals surface area contributed by atoms with Crippen molar-refractivity contribution in [3.05, 3.63) is 17.0 Å². The lowest BCUT2D eigenvalue weighted by molar-refractivity contribution is -0.140. The van der Waals surface area contributed by atoms with E-state index in [4.69, 9.17) is 0 Å². The van der Waals surface area contributed by atoms with Crippen LogP contribution in [0.5, 0.6) is 0 Å². The Kier molecular flexibility index (Phi) is 4.01. The van der Waals surface area contributed by atoms with E-state index < -0.39 is 12.0 Å². The fourth-order valence-corrected chi connectivity index (χ4v) is 2.77. The van der Waals surface area contributed by atoms with Crippen LogP contribution >= 0.6 is 0 Å². The minimum absolute atomic E-state index is 0.313. The molecule has 1 fully saturated rings. The molecule has 5 heteroatoms. The molecule has 0 bridgehead atoms. The van der Waals surface area contributed by atoms with E-state index in [9.17, 15) is 9.90 Å². The Balaban J connectivity index is 2.15. The van der Waals surface area contributed by atoms with E-state index in [1.807, 2.05) is 13.8 Å². The molecule has 1 atom stereocenters. The number of aliphatic carboxylic acids is 1. The number of aromatic nitrogens is 2. The van der Waals surface area contributed by atoms with Gasteiger partial charge in [0, 0.05) is 17.3 Å². The zero-order valence-electron chi connectivity index (χ0n) is 11.0. The number of H-pyrrole nitrogens is 1. The van der Waals surface area contributed by atoms with Crippen LogP contribution in [-0.4, -0.2) is 27.3 Å². The van der Waals surface area contributed by atoms with Crippen molar-refractivity contribution in [2.75, 3.05) is 0 Å². The number of carboxylic acids is 1. The van der Waals surface area contributed by atoms with Gasteiger partial charge < -0.3 is 5.11 Å². The fraction of sp³-hybridized carbons (Fsp3) is 0.692. The Morgan fingerprint density at radius 1 is 1.39 bits per heavy atom. The smallest absolute Gasteiger partial charge is 0.325 e. The first-order valence-electron chi connectivity index (χ1n) is 6.60. The second-order valence-electron chi connectivity index (χ2n) is 5.12. The van der Waals surface area contributed by atoms with Crippen LogP contribution in [0.4, 0.5) is 0 Å². The third-order valence-corrected chi connectivity index (χ3v) is 3.73.